The van der Waals surface area contributed by atoms with Crippen molar-refractivity contribution in [1.29, 1.82) is 0 Å². The molecule has 0 aliphatic heterocycles. The van der Waals surface area contributed by atoms with E-state index in [1.165, 1.54) is 30.9 Å². The second-order valence-electron chi connectivity index (χ2n) is 10.5. The Bertz CT molecular complexity index is 1050. The van der Waals surface area contributed by atoms with Crippen LogP contribution in [0, 0.1) is 0 Å². The molecular weight excluding hydrogens is 613 g/mol. The number of carbonyl (C=O) groups is 3. The summed E-state index contributed by atoms with van der Waals surface area (Å²) in [5, 5.41) is 2.69. The molecule has 1 N–H and O–H groups in total. The summed E-state index contributed by atoms with van der Waals surface area (Å²) in [6.45, 7) is 8.22. The number of esters is 2. The van der Waals surface area contributed by atoms with Crippen molar-refractivity contribution < 1.29 is 28.6 Å². The fourth-order valence-corrected chi connectivity index (χ4v) is 21.7. The van der Waals surface area contributed by atoms with Crippen molar-refractivity contribution >= 4 is 40.0 Å². The Labute approximate surface area is 244 Å². The van der Waals surface area contributed by atoms with Gasteiger partial charge in [0.05, 0.1) is 0 Å². The van der Waals surface area contributed by atoms with Crippen LogP contribution in [0.4, 0.5) is 4.79 Å². The number of alkyl carbamates (subject to hydrolysis) is 1. The Hall–Kier alpha value is -2.55. The van der Waals surface area contributed by atoms with Gasteiger partial charge in [-0.05, 0) is 0 Å². The molecule has 220 valence electrons. The third kappa shape index (κ3) is 10.8. The molecular formula is C32H47NO6Sn. The van der Waals surface area contributed by atoms with Gasteiger partial charge in [0.25, 0.3) is 0 Å². The zero-order chi connectivity index (χ0) is 29.4. The van der Waals surface area contributed by atoms with Crippen LogP contribution in [0.3, 0.4) is 0 Å². The molecule has 40 heavy (non-hydrogen) atoms. The predicted molar refractivity (Wildman–Crippen MR) is 162 cm³/mol. The van der Waals surface area contributed by atoms with Crippen LogP contribution < -0.4 is 13.6 Å². The minimum absolute atomic E-state index is 0.102. The van der Waals surface area contributed by atoms with E-state index in [2.05, 4.69) is 32.2 Å². The first-order valence-electron chi connectivity index (χ1n) is 14.6. The summed E-state index contributed by atoms with van der Waals surface area (Å²) in [6, 6.07) is 14.4. The van der Waals surface area contributed by atoms with Crippen LogP contribution in [0.5, 0.6) is 5.75 Å². The molecule has 0 aromatic heterocycles. The van der Waals surface area contributed by atoms with Gasteiger partial charge in [0, 0.05) is 0 Å². The molecule has 0 radical (unpaired) electrons. The van der Waals surface area contributed by atoms with E-state index in [4.69, 9.17) is 14.2 Å². The molecule has 0 saturated carbocycles. The summed E-state index contributed by atoms with van der Waals surface area (Å²) >= 11 is -3.03. The number of unbranched alkanes of at least 4 members (excludes halogenated alkanes) is 3. The van der Waals surface area contributed by atoms with Crippen molar-refractivity contribution in [3.05, 3.63) is 59.7 Å². The second kappa shape index (κ2) is 18.0. The van der Waals surface area contributed by atoms with E-state index < -0.39 is 36.5 Å². The number of hydrogen-bond donors (Lipinski definition) is 1. The molecule has 0 heterocycles. The van der Waals surface area contributed by atoms with Gasteiger partial charge in [-0.15, -0.1) is 0 Å². The van der Waals surface area contributed by atoms with E-state index in [0.717, 1.165) is 49.7 Å². The van der Waals surface area contributed by atoms with E-state index in [-0.39, 0.29) is 19.0 Å². The van der Waals surface area contributed by atoms with E-state index in [1.807, 2.05) is 42.5 Å². The van der Waals surface area contributed by atoms with Crippen LogP contribution >= 0.6 is 0 Å². The number of methoxy groups -OCH3 is 1. The number of amides is 1. The zero-order valence-corrected chi connectivity index (χ0v) is 27.8. The Morgan fingerprint density at radius 3 is 1.98 bits per heavy atom. The van der Waals surface area contributed by atoms with Gasteiger partial charge < -0.3 is 0 Å². The van der Waals surface area contributed by atoms with Crippen LogP contribution in [0.25, 0.3) is 0 Å². The quantitative estimate of drug-likeness (QED) is 0.116. The summed E-state index contributed by atoms with van der Waals surface area (Å²) in [7, 11) is 1.31. The van der Waals surface area contributed by atoms with Gasteiger partial charge in [0.1, 0.15) is 0 Å². The number of carbonyl (C=O) groups excluding carboxylic acids is 3. The predicted octanol–water partition coefficient (Wildman–Crippen LogP) is 6.68. The zero-order valence-electron chi connectivity index (χ0n) is 24.9. The van der Waals surface area contributed by atoms with Gasteiger partial charge in [-0.25, -0.2) is 0 Å². The van der Waals surface area contributed by atoms with Gasteiger partial charge in [0.2, 0.25) is 0 Å². The summed E-state index contributed by atoms with van der Waals surface area (Å²) in [4.78, 5) is 37.4. The van der Waals surface area contributed by atoms with Gasteiger partial charge in [0.15, 0.2) is 0 Å². The maximum absolute atomic E-state index is 12.7. The van der Waals surface area contributed by atoms with Gasteiger partial charge in [-0.3, -0.25) is 0 Å². The number of benzene rings is 2. The third-order valence-electron chi connectivity index (χ3n) is 7.33. The third-order valence-corrected chi connectivity index (χ3v) is 22.9. The molecule has 2 aromatic rings. The van der Waals surface area contributed by atoms with E-state index in [1.54, 1.807) is 0 Å². The maximum atomic E-state index is 12.7. The van der Waals surface area contributed by atoms with Crippen LogP contribution in [0.1, 0.15) is 77.3 Å². The van der Waals surface area contributed by atoms with Crippen LogP contribution in [-0.4, -0.2) is 49.6 Å². The molecule has 8 heteroatoms. The van der Waals surface area contributed by atoms with Gasteiger partial charge >= 0.3 is 239 Å². The first-order valence-corrected chi connectivity index (χ1v) is 22.1. The van der Waals surface area contributed by atoms with Gasteiger partial charge in [-0.2, -0.15) is 0 Å². The van der Waals surface area contributed by atoms with Crippen LogP contribution in [0.2, 0.25) is 13.3 Å². The van der Waals surface area contributed by atoms with Crippen molar-refractivity contribution in [3.63, 3.8) is 0 Å². The average Bonchev–Trinajstić information content (AvgIpc) is 2.96. The van der Waals surface area contributed by atoms with Crippen LogP contribution in [0.15, 0.2) is 48.5 Å². The number of ether oxygens (including phenoxy) is 3. The molecule has 0 bridgehead atoms. The molecule has 2 rings (SSSR count). The van der Waals surface area contributed by atoms with E-state index in [0.29, 0.717) is 5.75 Å². The standard InChI is InChI=1S/C20H20NO6.3C4H9.Sn/c1-14(22)27-17-10-8-15(9-11-17)12-18(19(23)25-2)21-20(24)26-13-16-6-4-3-5-7-16;3*1-3-4-2;/h3-10,18H,12-13H2,1-2H3,(H,21,24);3*1,3-4H2,2H3;/t18-;;;;/m0..../s1. The number of rotatable bonds is 17. The van der Waals surface area contributed by atoms with Crippen molar-refractivity contribution in [1.82, 2.24) is 5.32 Å². The molecule has 0 unspecified atom stereocenters. The van der Waals surface area contributed by atoms with Crippen molar-refractivity contribution in [2.75, 3.05) is 7.11 Å². The van der Waals surface area contributed by atoms with Crippen molar-refractivity contribution in [2.24, 2.45) is 0 Å². The Morgan fingerprint density at radius 2 is 1.45 bits per heavy atom. The van der Waals surface area contributed by atoms with Gasteiger partial charge in [-0.1, -0.05) is 6.07 Å². The molecule has 1 atom stereocenters. The molecule has 7 nitrogen and oxygen atoms in total. The Balaban J connectivity index is 2.41. The summed E-state index contributed by atoms with van der Waals surface area (Å²) in [5.74, 6) is -0.203. The number of hydrogen-bond acceptors (Lipinski definition) is 6. The average molecular weight is 660 g/mol. The molecule has 0 saturated heterocycles. The summed E-state index contributed by atoms with van der Waals surface area (Å²) < 4.78 is 21.0. The van der Waals surface area contributed by atoms with Crippen molar-refractivity contribution in [2.45, 2.75) is 98.6 Å². The normalized spacial score (nSPS) is 11.9. The van der Waals surface area contributed by atoms with Crippen molar-refractivity contribution in [3.8, 4) is 5.75 Å². The topological polar surface area (TPSA) is 90.9 Å². The monoisotopic (exact) mass is 661 g/mol. The SMILES string of the molecule is CCC[CH2][Sn]([CH2]CCC)([CH2]CCC)[c]1cc(C[C@H](NC(=O)OCc2ccccc2)C(=O)OC)ccc1OC(C)=O. The van der Waals surface area contributed by atoms with Crippen LogP contribution in [-0.2, 0) is 32.1 Å². The first-order chi connectivity index (χ1) is 19.3. The molecule has 0 aliphatic rings. The Morgan fingerprint density at radius 1 is 0.850 bits per heavy atom. The van der Waals surface area contributed by atoms with E-state index in [9.17, 15) is 14.4 Å². The molecule has 0 spiro atoms. The second-order valence-corrected chi connectivity index (χ2v) is 23.6. The molecule has 2 aromatic carbocycles. The molecule has 1 amide bonds. The van der Waals surface area contributed by atoms with E-state index >= 15 is 0 Å². The summed E-state index contributed by atoms with van der Waals surface area (Å²) in [6.07, 6.45) is 6.42. The summed E-state index contributed by atoms with van der Waals surface area (Å²) in [5.41, 5.74) is 1.75. The molecule has 0 aliphatic carbocycles. The molecule has 0 fully saturated rings. The Kier molecular flexibility index (Phi) is 15.1. The first kappa shape index (κ1) is 33.7. The minimum atomic E-state index is -3.03. The fourth-order valence-electron chi connectivity index (χ4n) is 5.17. The fraction of sp³-hybridized carbons (Fsp3) is 0.531. The number of nitrogens with one attached hydrogen (secondary N) is 1.